The molecule has 2 atom stereocenters. The smallest absolute Gasteiger partial charge is 0.193 e. The number of rotatable bonds is 2. The molecule has 98 valence electrons. The molecule has 1 aromatic carbocycles. The second-order valence-corrected chi connectivity index (χ2v) is 5.27. The number of benzene rings is 1. The Labute approximate surface area is 109 Å². The van der Waals surface area contributed by atoms with E-state index in [0.717, 1.165) is 11.6 Å². The van der Waals surface area contributed by atoms with Gasteiger partial charge in [-0.05, 0) is 37.3 Å². The van der Waals surface area contributed by atoms with Crippen LogP contribution in [0, 0.1) is 5.92 Å². The molecule has 1 fully saturated rings. The van der Waals surface area contributed by atoms with Crippen LogP contribution in [-0.4, -0.2) is 12.0 Å². The molecule has 0 aromatic heterocycles. The van der Waals surface area contributed by atoms with E-state index in [2.05, 4.69) is 17.2 Å². The van der Waals surface area contributed by atoms with Crippen molar-refractivity contribution in [3.63, 3.8) is 0 Å². The monoisotopic (exact) mass is 245 g/mol. The molecule has 0 bridgehead atoms. The number of hydrogen-bond acceptors (Lipinski definition) is 1. The van der Waals surface area contributed by atoms with E-state index >= 15 is 0 Å². The molecule has 0 amide bonds. The number of nitrogens with zero attached hydrogens (tertiary/aromatic N) is 1. The van der Waals surface area contributed by atoms with Crippen molar-refractivity contribution in [2.75, 3.05) is 5.32 Å². The van der Waals surface area contributed by atoms with Crippen LogP contribution in [-0.2, 0) is 0 Å². The van der Waals surface area contributed by atoms with Crippen LogP contribution in [0.2, 0.25) is 0 Å². The summed E-state index contributed by atoms with van der Waals surface area (Å²) in [5.41, 5.74) is 6.96. The van der Waals surface area contributed by atoms with Crippen LogP contribution in [0.25, 0.3) is 0 Å². The Morgan fingerprint density at radius 2 is 1.94 bits per heavy atom. The van der Waals surface area contributed by atoms with Crippen molar-refractivity contribution in [3.05, 3.63) is 30.3 Å². The number of nitrogens with two attached hydrogens (primary N) is 1. The lowest BCUT2D eigenvalue weighted by Crippen LogP contribution is -2.25. The molecule has 1 aliphatic rings. The zero-order valence-corrected chi connectivity index (χ0v) is 11.1. The van der Waals surface area contributed by atoms with Gasteiger partial charge in [0.25, 0.3) is 0 Å². The first-order valence-corrected chi connectivity index (χ1v) is 6.89. The summed E-state index contributed by atoms with van der Waals surface area (Å²) in [7, 11) is 0. The van der Waals surface area contributed by atoms with Gasteiger partial charge in [0.2, 0.25) is 0 Å². The number of nitrogens with one attached hydrogen (secondary N) is 1. The molecular weight excluding hydrogens is 222 g/mol. The highest BCUT2D eigenvalue weighted by atomic mass is 15.1. The predicted molar refractivity (Wildman–Crippen MR) is 77.7 cm³/mol. The lowest BCUT2D eigenvalue weighted by Gasteiger charge is -2.11. The van der Waals surface area contributed by atoms with E-state index in [1.54, 1.807) is 0 Å². The second kappa shape index (κ2) is 6.43. The molecular formula is C15H23N3. The summed E-state index contributed by atoms with van der Waals surface area (Å²) in [6.45, 7) is 2.33. The van der Waals surface area contributed by atoms with Gasteiger partial charge >= 0.3 is 0 Å². The van der Waals surface area contributed by atoms with Gasteiger partial charge in [-0.3, -0.25) is 0 Å². The van der Waals surface area contributed by atoms with E-state index in [9.17, 15) is 0 Å². The zero-order valence-electron chi connectivity index (χ0n) is 11.1. The number of hydrogen-bond donors (Lipinski definition) is 2. The maximum absolute atomic E-state index is 5.96. The van der Waals surface area contributed by atoms with Crippen LogP contribution >= 0.6 is 0 Å². The van der Waals surface area contributed by atoms with Crippen LogP contribution in [0.3, 0.4) is 0 Å². The molecule has 3 N–H and O–H groups in total. The van der Waals surface area contributed by atoms with Crippen LogP contribution in [0.4, 0.5) is 5.69 Å². The zero-order chi connectivity index (χ0) is 12.8. The van der Waals surface area contributed by atoms with Gasteiger partial charge in [0.05, 0.1) is 6.04 Å². The van der Waals surface area contributed by atoms with Crippen LogP contribution < -0.4 is 11.1 Å². The fourth-order valence-electron chi connectivity index (χ4n) is 2.49. The Morgan fingerprint density at radius 3 is 2.72 bits per heavy atom. The Bertz CT molecular complexity index is 386. The third-order valence-electron chi connectivity index (χ3n) is 3.59. The van der Waals surface area contributed by atoms with Gasteiger partial charge in [-0.25, -0.2) is 4.99 Å². The van der Waals surface area contributed by atoms with Gasteiger partial charge < -0.3 is 11.1 Å². The van der Waals surface area contributed by atoms with Crippen molar-refractivity contribution in [2.24, 2.45) is 16.6 Å². The molecule has 1 saturated carbocycles. The molecule has 0 spiro atoms. The first-order valence-electron chi connectivity index (χ1n) is 6.89. The summed E-state index contributed by atoms with van der Waals surface area (Å²) in [4.78, 5) is 4.61. The van der Waals surface area contributed by atoms with Gasteiger partial charge in [-0.1, -0.05) is 38.0 Å². The quantitative estimate of drug-likeness (QED) is 0.477. The van der Waals surface area contributed by atoms with Gasteiger partial charge in [0.15, 0.2) is 5.96 Å². The minimum absolute atomic E-state index is 0.395. The Morgan fingerprint density at radius 1 is 1.17 bits per heavy atom. The van der Waals surface area contributed by atoms with E-state index in [1.807, 2.05) is 30.3 Å². The molecule has 2 unspecified atom stereocenters. The van der Waals surface area contributed by atoms with E-state index in [-0.39, 0.29) is 0 Å². The standard InChI is InChI=1S/C15H23N3/c1-12-6-5-9-14(11-10-12)18-15(16)17-13-7-3-2-4-8-13/h2-4,7-8,12,14H,5-6,9-11H2,1H3,(H3,16,17,18). The minimum atomic E-state index is 0.395. The minimum Gasteiger partial charge on any atom is -0.370 e. The summed E-state index contributed by atoms with van der Waals surface area (Å²) in [6, 6.07) is 10.4. The second-order valence-electron chi connectivity index (χ2n) is 5.27. The van der Waals surface area contributed by atoms with Crippen molar-refractivity contribution < 1.29 is 0 Å². The third kappa shape index (κ3) is 4.06. The van der Waals surface area contributed by atoms with E-state index < -0.39 is 0 Å². The molecule has 2 rings (SSSR count). The average molecular weight is 245 g/mol. The predicted octanol–water partition coefficient (Wildman–Crippen LogP) is 3.38. The molecule has 3 heteroatoms. The topological polar surface area (TPSA) is 50.4 Å². The number of para-hydroxylation sites is 1. The number of guanidine groups is 1. The number of aliphatic imine (C=N–C) groups is 1. The van der Waals surface area contributed by atoms with Crippen molar-refractivity contribution in [2.45, 2.75) is 45.1 Å². The number of anilines is 1. The molecule has 0 aliphatic heterocycles. The summed E-state index contributed by atoms with van der Waals surface area (Å²) >= 11 is 0. The highest BCUT2D eigenvalue weighted by Crippen LogP contribution is 2.24. The molecule has 0 saturated heterocycles. The maximum atomic E-state index is 5.96. The SMILES string of the molecule is CC1CCCC(N=C(N)Nc2ccccc2)CC1. The summed E-state index contributed by atoms with van der Waals surface area (Å²) < 4.78 is 0. The molecule has 0 heterocycles. The molecule has 0 radical (unpaired) electrons. The van der Waals surface area contributed by atoms with Gasteiger partial charge in [0.1, 0.15) is 0 Å². The largest absolute Gasteiger partial charge is 0.370 e. The van der Waals surface area contributed by atoms with Crippen molar-refractivity contribution in [1.82, 2.24) is 0 Å². The fraction of sp³-hybridized carbons (Fsp3) is 0.533. The van der Waals surface area contributed by atoms with Crippen molar-refractivity contribution in [1.29, 1.82) is 0 Å². The van der Waals surface area contributed by atoms with E-state index in [4.69, 9.17) is 5.73 Å². The third-order valence-corrected chi connectivity index (χ3v) is 3.59. The highest BCUT2D eigenvalue weighted by Gasteiger charge is 2.15. The lowest BCUT2D eigenvalue weighted by atomic mass is 10.0. The van der Waals surface area contributed by atoms with Crippen molar-refractivity contribution >= 4 is 11.6 Å². The first-order chi connectivity index (χ1) is 8.74. The summed E-state index contributed by atoms with van der Waals surface area (Å²) in [5.74, 6) is 1.38. The van der Waals surface area contributed by atoms with Crippen molar-refractivity contribution in [3.8, 4) is 0 Å². The lowest BCUT2D eigenvalue weighted by molar-refractivity contribution is 0.499. The molecule has 18 heavy (non-hydrogen) atoms. The maximum Gasteiger partial charge on any atom is 0.193 e. The Kier molecular flexibility index (Phi) is 4.62. The Hall–Kier alpha value is -1.51. The van der Waals surface area contributed by atoms with E-state index in [0.29, 0.717) is 12.0 Å². The first kappa shape index (κ1) is 12.9. The Balaban J connectivity index is 1.91. The normalized spacial score (nSPS) is 25.5. The fourth-order valence-corrected chi connectivity index (χ4v) is 2.49. The summed E-state index contributed by atoms with van der Waals surface area (Å²) in [6.07, 6.45) is 6.21. The summed E-state index contributed by atoms with van der Waals surface area (Å²) in [5, 5.41) is 3.15. The van der Waals surface area contributed by atoms with Gasteiger partial charge in [-0.2, -0.15) is 0 Å². The van der Waals surface area contributed by atoms with Gasteiger partial charge in [-0.15, -0.1) is 0 Å². The molecule has 3 nitrogen and oxygen atoms in total. The van der Waals surface area contributed by atoms with Gasteiger partial charge in [0, 0.05) is 5.69 Å². The molecule has 1 aromatic rings. The van der Waals surface area contributed by atoms with Crippen LogP contribution in [0.15, 0.2) is 35.3 Å². The highest BCUT2D eigenvalue weighted by molar-refractivity contribution is 5.92. The van der Waals surface area contributed by atoms with E-state index in [1.165, 1.54) is 32.1 Å². The van der Waals surface area contributed by atoms with Crippen LogP contribution in [0.1, 0.15) is 39.0 Å². The van der Waals surface area contributed by atoms with Crippen LogP contribution in [0.5, 0.6) is 0 Å². The molecule has 1 aliphatic carbocycles. The average Bonchev–Trinajstić information content (AvgIpc) is 2.56.